The monoisotopic (exact) mass is 241 g/mol. The molecule has 0 radical (unpaired) electrons. The van der Waals surface area contributed by atoms with E-state index in [0.29, 0.717) is 11.1 Å². The van der Waals surface area contributed by atoms with Crippen molar-refractivity contribution in [1.29, 1.82) is 0 Å². The van der Waals surface area contributed by atoms with Crippen molar-refractivity contribution in [1.82, 2.24) is 0 Å². The predicted octanol–water partition coefficient (Wildman–Crippen LogP) is 3.02. The Morgan fingerprint density at radius 3 is 2.44 bits per heavy atom. The maximum Gasteiger partial charge on any atom is 0.269 e. The van der Waals surface area contributed by atoms with Crippen LogP contribution in [0.2, 0.25) is 0 Å². The van der Waals surface area contributed by atoms with Gasteiger partial charge in [-0.1, -0.05) is 42.5 Å². The molecule has 0 atom stereocenters. The molecule has 18 heavy (non-hydrogen) atoms. The first-order chi connectivity index (χ1) is 8.66. The van der Waals surface area contributed by atoms with E-state index in [9.17, 15) is 14.9 Å². The fourth-order valence-electron chi connectivity index (χ4n) is 1.69. The van der Waals surface area contributed by atoms with Gasteiger partial charge in [-0.2, -0.15) is 0 Å². The molecule has 0 aromatic heterocycles. The minimum absolute atomic E-state index is 0.00774. The number of Topliss-reactive ketones (excluding diaryl/α,β-unsaturated/α-hetero) is 1. The van der Waals surface area contributed by atoms with E-state index in [-0.39, 0.29) is 17.9 Å². The lowest BCUT2D eigenvalue weighted by Crippen LogP contribution is -2.03. The van der Waals surface area contributed by atoms with Crippen LogP contribution in [-0.2, 0) is 6.42 Å². The summed E-state index contributed by atoms with van der Waals surface area (Å²) in [5.41, 5.74) is 1.27. The quantitative estimate of drug-likeness (QED) is 0.469. The van der Waals surface area contributed by atoms with Crippen molar-refractivity contribution in [2.45, 2.75) is 6.42 Å². The van der Waals surface area contributed by atoms with Crippen LogP contribution in [0.3, 0.4) is 0 Å². The number of benzene rings is 2. The molecule has 0 saturated carbocycles. The molecule has 2 aromatic rings. The Hall–Kier alpha value is -2.49. The first kappa shape index (κ1) is 12.0. The molecule has 0 saturated heterocycles. The van der Waals surface area contributed by atoms with E-state index in [1.54, 1.807) is 36.4 Å². The highest BCUT2D eigenvalue weighted by molar-refractivity contribution is 5.97. The molecular formula is C14H11NO3. The van der Waals surface area contributed by atoms with E-state index in [4.69, 9.17) is 0 Å². The largest absolute Gasteiger partial charge is 0.294 e. The number of nitro benzene ring substituents is 1. The third-order valence-electron chi connectivity index (χ3n) is 2.58. The molecule has 0 fully saturated rings. The summed E-state index contributed by atoms with van der Waals surface area (Å²) >= 11 is 0. The third kappa shape index (κ3) is 2.79. The molecule has 0 unspecified atom stereocenters. The first-order valence-corrected chi connectivity index (χ1v) is 5.48. The van der Waals surface area contributed by atoms with Gasteiger partial charge >= 0.3 is 0 Å². The lowest BCUT2D eigenvalue weighted by atomic mass is 10.0. The highest BCUT2D eigenvalue weighted by Crippen LogP contribution is 2.15. The molecule has 0 aliphatic carbocycles. The normalized spacial score (nSPS) is 10.0. The number of non-ortho nitro benzene ring substituents is 1. The van der Waals surface area contributed by atoms with Crippen molar-refractivity contribution in [3.8, 4) is 0 Å². The van der Waals surface area contributed by atoms with Crippen LogP contribution in [0.1, 0.15) is 15.9 Å². The summed E-state index contributed by atoms with van der Waals surface area (Å²) in [6.45, 7) is 0. The van der Waals surface area contributed by atoms with Gasteiger partial charge in [0.15, 0.2) is 5.78 Å². The van der Waals surface area contributed by atoms with Crippen molar-refractivity contribution in [3.05, 3.63) is 75.8 Å². The Balaban J connectivity index is 2.17. The van der Waals surface area contributed by atoms with Gasteiger partial charge in [0.2, 0.25) is 0 Å². The van der Waals surface area contributed by atoms with Crippen LogP contribution in [0.15, 0.2) is 54.6 Å². The molecule has 0 amide bonds. The van der Waals surface area contributed by atoms with E-state index < -0.39 is 4.92 Å². The van der Waals surface area contributed by atoms with Gasteiger partial charge in [0.1, 0.15) is 0 Å². The van der Waals surface area contributed by atoms with E-state index >= 15 is 0 Å². The Morgan fingerprint density at radius 2 is 1.78 bits per heavy atom. The minimum atomic E-state index is -0.462. The lowest BCUT2D eigenvalue weighted by Gasteiger charge is -2.01. The zero-order chi connectivity index (χ0) is 13.0. The summed E-state index contributed by atoms with van der Waals surface area (Å²) in [6, 6.07) is 15.0. The fraction of sp³-hybridized carbons (Fsp3) is 0.0714. The van der Waals surface area contributed by atoms with Gasteiger partial charge in [-0.05, 0) is 5.56 Å². The second-order valence-electron chi connectivity index (χ2n) is 3.89. The number of carbonyl (C=O) groups is 1. The van der Waals surface area contributed by atoms with Crippen molar-refractivity contribution >= 4 is 11.5 Å². The van der Waals surface area contributed by atoms with E-state index in [1.807, 2.05) is 6.07 Å². The van der Waals surface area contributed by atoms with Gasteiger partial charge in [-0.25, -0.2) is 0 Å². The second-order valence-corrected chi connectivity index (χ2v) is 3.89. The summed E-state index contributed by atoms with van der Waals surface area (Å²) in [5, 5.41) is 10.6. The SMILES string of the molecule is O=C(Cc1cccc([N+](=O)[O-])c1)c1ccccc1. The van der Waals surface area contributed by atoms with Gasteiger partial charge in [0.05, 0.1) is 4.92 Å². The molecule has 0 aliphatic rings. The maximum absolute atomic E-state index is 11.9. The van der Waals surface area contributed by atoms with Crippen LogP contribution in [0.4, 0.5) is 5.69 Å². The van der Waals surface area contributed by atoms with Gasteiger partial charge in [0, 0.05) is 24.1 Å². The number of rotatable bonds is 4. The molecule has 2 aromatic carbocycles. The van der Waals surface area contributed by atoms with Crippen molar-refractivity contribution < 1.29 is 9.72 Å². The van der Waals surface area contributed by atoms with E-state index in [2.05, 4.69) is 0 Å². The van der Waals surface area contributed by atoms with Crippen LogP contribution >= 0.6 is 0 Å². The Kier molecular flexibility index (Phi) is 3.48. The zero-order valence-corrected chi connectivity index (χ0v) is 9.58. The number of nitrogens with zero attached hydrogens (tertiary/aromatic N) is 1. The fourth-order valence-corrected chi connectivity index (χ4v) is 1.69. The van der Waals surface area contributed by atoms with Gasteiger partial charge < -0.3 is 0 Å². The van der Waals surface area contributed by atoms with Crippen LogP contribution in [-0.4, -0.2) is 10.7 Å². The molecule has 0 bridgehead atoms. The molecule has 0 heterocycles. The average molecular weight is 241 g/mol. The summed E-state index contributed by atoms with van der Waals surface area (Å²) in [5.74, 6) is -0.0453. The molecule has 0 spiro atoms. The summed E-state index contributed by atoms with van der Waals surface area (Å²) in [7, 11) is 0. The molecule has 90 valence electrons. The Labute approximate surface area is 104 Å². The van der Waals surface area contributed by atoms with Crippen LogP contribution in [0.25, 0.3) is 0 Å². The lowest BCUT2D eigenvalue weighted by molar-refractivity contribution is -0.384. The van der Waals surface area contributed by atoms with E-state index in [1.165, 1.54) is 12.1 Å². The average Bonchev–Trinajstić information content (AvgIpc) is 2.40. The van der Waals surface area contributed by atoms with Crippen LogP contribution in [0.5, 0.6) is 0 Å². The first-order valence-electron chi connectivity index (χ1n) is 5.48. The number of nitro groups is 1. The van der Waals surface area contributed by atoms with Gasteiger partial charge in [-0.15, -0.1) is 0 Å². The Bertz CT molecular complexity index is 579. The number of hydrogen-bond acceptors (Lipinski definition) is 3. The molecule has 0 N–H and O–H groups in total. The van der Waals surface area contributed by atoms with Gasteiger partial charge in [0.25, 0.3) is 5.69 Å². The summed E-state index contributed by atoms with van der Waals surface area (Å²) in [6.07, 6.45) is 0.172. The van der Waals surface area contributed by atoms with Gasteiger partial charge in [-0.3, -0.25) is 14.9 Å². The number of hydrogen-bond donors (Lipinski definition) is 0. The van der Waals surface area contributed by atoms with Crippen LogP contribution in [0, 0.1) is 10.1 Å². The summed E-state index contributed by atoms with van der Waals surface area (Å²) < 4.78 is 0. The second kappa shape index (κ2) is 5.23. The van der Waals surface area contributed by atoms with Crippen molar-refractivity contribution in [2.75, 3.05) is 0 Å². The molecular weight excluding hydrogens is 230 g/mol. The topological polar surface area (TPSA) is 60.2 Å². The standard InChI is InChI=1S/C14H11NO3/c16-14(12-6-2-1-3-7-12)10-11-5-4-8-13(9-11)15(17)18/h1-9H,10H2. The van der Waals surface area contributed by atoms with E-state index in [0.717, 1.165) is 0 Å². The third-order valence-corrected chi connectivity index (χ3v) is 2.58. The maximum atomic E-state index is 11.9. The van der Waals surface area contributed by atoms with Crippen molar-refractivity contribution in [2.24, 2.45) is 0 Å². The molecule has 4 nitrogen and oxygen atoms in total. The number of carbonyl (C=O) groups excluding carboxylic acids is 1. The zero-order valence-electron chi connectivity index (χ0n) is 9.58. The molecule has 0 aliphatic heterocycles. The molecule has 4 heteroatoms. The Morgan fingerprint density at radius 1 is 1.06 bits per heavy atom. The molecule has 2 rings (SSSR count). The highest BCUT2D eigenvalue weighted by atomic mass is 16.6. The van der Waals surface area contributed by atoms with Crippen LogP contribution < -0.4 is 0 Å². The smallest absolute Gasteiger partial charge is 0.269 e. The highest BCUT2D eigenvalue weighted by Gasteiger charge is 2.10. The number of ketones is 1. The minimum Gasteiger partial charge on any atom is -0.294 e. The summed E-state index contributed by atoms with van der Waals surface area (Å²) in [4.78, 5) is 22.1. The van der Waals surface area contributed by atoms with Crippen molar-refractivity contribution in [3.63, 3.8) is 0 Å². The predicted molar refractivity (Wildman–Crippen MR) is 67.6 cm³/mol.